The van der Waals surface area contributed by atoms with Crippen LogP contribution in [0.1, 0.15) is 141 Å². The number of aryl methyl sites for hydroxylation is 1. The minimum atomic E-state index is -0.975. The molecule has 0 heterocycles. The molecule has 2 rings (SSSR count). The number of ether oxygens (including phenoxy) is 2. The van der Waals surface area contributed by atoms with Gasteiger partial charge >= 0.3 is 5.97 Å². The van der Waals surface area contributed by atoms with Crippen LogP contribution in [-0.4, -0.2) is 29.2 Å². The van der Waals surface area contributed by atoms with Gasteiger partial charge in [0.2, 0.25) is 0 Å². The SMILES string of the molecule is CCCCCCc1ccc(O)cc1OCCCCCCCCCCCCCCCC(=O)OC1(C(N)=O)CC1. The van der Waals surface area contributed by atoms with Crippen molar-refractivity contribution in [3.63, 3.8) is 0 Å². The summed E-state index contributed by atoms with van der Waals surface area (Å²) in [4.78, 5) is 23.1. The molecule has 0 aliphatic heterocycles. The predicted octanol–water partition coefficient (Wildman–Crippen LogP) is 7.92. The largest absolute Gasteiger partial charge is 0.508 e. The Bertz CT molecular complexity index is 805. The summed E-state index contributed by atoms with van der Waals surface area (Å²) in [6, 6.07) is 5.54. The number of benzene rings is 1. The number of amides is 1. The molecule has 6 heteroatoms. The summed E-state index contributed by atoms with van der Waals surface area (Å²) < 4.78 is 11.3. The average molecular weight is 532 g/mol. The Morgan fingerprint density at radius 1 is 0.816 bits per heavy atom. The number of carbonyl (C=O) groups excluding carboxylic acids is 2. The number of esters is 1. The minimum absolute atomic E-state index is 0.281. The van der Waals surface area contributed by atoms with E-state index in [1.54, 1.807) is 12.1 Å². The van der Waals surface area contributed by atoms with Gasteiger partial charge in [0.05, 0.1) is 6.61 Å². The van der Waals surface area contributed by atoms with E-state index in [0.717, 1.165) is 44.5 Å². The summed E-state index contributed by atoms with van der Waals surface area (Å²) >= 11 is 0. The van der Waals surface area contributed by atoms with Crippen molar-refractivity contribution in [2.24, 2.45) is 5.73 Å². The molecule has 0 unspecified atom stereocenters. The van der Waals surface area contributed by atoms with Crippen LogP contribution in [0.2, 0.25) is 0 Å². The molecule has 3 N–H and O–H groups in total. The molecule has 6 nitrogen and oxygen atoms in total. The molecule has 1 aromatic rings. The number of carbonyl (C=O) groups is 2. The molecule has 1 aliphatic carbocycles. The van der Waals surface area contributed by atoms with Crippen LogP contribution >= 0.6 is 0 Å². The van der Waals surface area contributed by atoms with Crippen molar-refractivity contribution in [2.45, 2.75) is 147 Å². The molecule has 0 saturated heterocycles. The molecule has 38 heavy (non-hydrogen) atoms. The van der Waals surface area contributed by atoms with Crippen LogP contribution < -0.4 is 10.5 Å². The molecule has 0 bridgehead atoms. The first-order chi connectivity index (χ1) is 18.5. The van der Waals surface area contributed by atoms with Crippen LogP contribution in [0.3, 0.4) is 0 Å². The van der Waals surface area contributed by atoms with Gasteiger partial charge in [-0.25, -0.2) is 0 Å². The normalized spacial score (nSPS) is 13.8. The summed E-state index contributed by atoms with van der Waals surface area (Å²) in [7, 11) is 0. The molecule has 0 radical (unpaired) electrons. The van der Waals surface area contributed by atoms with Gasteiger partial charge in [0, 0.05) is 25.3 Å². The Balaban J connectivity index is 1.35. The van der Waals surface area contributed by atoms with Crippen molar-refractivity contribution in [3.05, 3.63) is 23.8 Å². The maximum absolute atomic E-state index is 11.8. The lowest BCUT2D eigenvalue weighted by molar-refractivity contribution is -0.157. The van der Waals surface area contributed by atoms with Gasteiger partial charge in [-0.05, 0) is 37.3 Å². The second-order valence-electron chi connectivity index (χ2n) is 11.1. The van der Waals surface area contributed by atoms with E-state index in [4.69, 9.17) is 15.2 Å². The van der Waals surface area contributed by atoms with Gasteiger partial charge in [0.1, 0.15) is 11.5 Å². The molecule has 216 valence electrons. The van der Waals surface area contributed by atoms with E-state index in [9.17, 15) is 14.7 Å². The fraction of sp³-hybridized carbons (Fsp3) is 0.750. The topological polar surface area (TPSA) is 98.8 Å². The number of primary amides is 1. The van der Waals surface area contributed by atoms with Crippen molar-refractivity contribution in [3.8, 4) is 11.5 Å². The lowest BCUT2D eigenvalue weighted by atomic mass is 10.0. The first-order valence-electron chi connectivity index (χ1n) is 15.4. The van der Waals surface area contributed by atoms with Crippen LogP contribution in [0.25, 0.3) is 0 Å². The molecule has 0 aromatic heterocycles. The molecule has 1 saturated carbocycles. The highest BCUT2D eigenvalue weighted by atomic mass is 16.6. The third-order valence-electron chi connectivity index (χ3n) is 7.60. The molecular formula is C32H53NO5. The number of phenolic OH excluding ortho intramolecular Hbond substituents is 1. The predicted molar refractivity (Wildman–Crippen MR) is 153 cm³/mol. The lowest BCUT2D eigenvalue weighted by Gasteiger charge is -2.12. The van der Waals surface area contributed by atoms with Crippen LogP contribution in [0.4, 0.5) is 0 Å². The van der Waals surface area contributed by atoms with Gasteiger partial charge < -0.3 is 20.3 Å². The van der Waals surface area contributed by atoms with Crippen molar-refractivity contribution in [2.75, 3.05) is 6.61 Å². The molecule has 1 amide bonds. The third-order valence-corrected chi connectivity index (χ3v) is 7.60. The van der Waals surface area contributed by atoms with E-state index in [0.29, 0.717) is 19.3 Å². The summed E-state index contributed by atoms with van der Waals surface area (Å²) in [5, 5.41) is 9.83. The van der Waals surface area contributed by atoms with Crippen molar-refractivity contribution in [1.29, 1.82) is 0 Å². The lowest BCUT2D eigenvalue weighted by Crippen LogP contribution is -2.35. The van der Waals surface area contributed by atoms with Gasteiger partial charge in [-0.2, -0.15) is 0 Å². The zero-order valence-corrected chi connectivity index (χ0v) is 23.9. The third kappa shape index (κ3) is 13.5. The molecule has 0 spiro atoms. The Hall–Kier alpha value is -2.24. The Morgan fingerprint density at radius 2 is 1.37 bits per heavy atom. The van der Waals surface area contributed by atoms with Crippen LogP contribution in [0.15, 0.2) is 18.2 Å². The summed E-state index contributed by atoms with van der Waals surface area (Å²) in [5.41, 5.74) is 5.52. The minimum Gasteiger partial charge on any atom is -0.508 e. The maximum atomic E-state index is 11.8. The maximum Gasteiger partial charge on any atom is 0.306 e. The average Bonchev–Trinajstić information content (AvgIpc) is 3.68. The highest BCUT2D eigenvalue weighted by molar-refractivity contribution is 5.89. The Morgan fingerprint density at radius 3 is 1.92 bits per heavy atom. The monoisotopic (exact) mass is 531 g/mol. The summed E-state index contributed by atoms with van der Waals surface area (Å²) in [6.45, 7) is 2.95. The van der Waals surface area contributed by atoms with Gasteiger partial charge in [0.25, 0.3) is 5.91 Å². The first-order valence-corrected chi connectivity index (χ1v) is 15.4. The summed E-state index contributed by atoms with van der Waals surface area (Å²) in [5.74, 6) is 0.343. The molecular weight excluding hydrogens is 478 g/mol. The fourth-order valence-electron chi connectivity index (χ4n) is 4.91. The Labute approximate surface area is 231 Å². The zero-order chi connectivity index (χ0) is 27.5. The number of unbranched alkanes of at least 4 members (excludes halogenated alkanes) is 15. The van der Waals surface area contributed by atoms with Crippen LogP contribution in [-0.2, 0) is 20.7 Å². The highest BCUT2D eigenvalue weighted by Crippen LogP contribution is 2.39. The zero-order valence-electron chi connectivity index (χ0n) is 23.9. The van der Waals surface area contributed by atoms with Crippen LogP contribution in [0.5, 0.6) is 11.5 Å². The van der Waals surface area contributed by atoms with E-state index >= 15 is 0 Å². The van der Waals surface area contributed by atoms with Crippen molar-refractivity contribution < 1.29 is 24.2 Å². The fourth-order valence-corrected chi connectivity index (χ4v) is 4.91. The van der Waals surface area contributed by atoms with E-state index in [2.05, 4.69) is 6.92 Å². The number of hydrogen-bond acceptors (Lipinski definition) is 5. The Kier molecular flexibility index (Phi) is 15.9. The standard InChI is InChI=1S/C32H53NO5/c1-2-3-4-16-19-27-21-22-28(34)26-29(27)37-25-18-15-13-11-9-7-5-6-8-10-12-14-17-20-30(35)38-32(23-24-32)31(33)36/h21-22,26,34H,2-20,23-25H2,1H3,(H2,33,36). The number of rotatable bonds is 24. The highest BCUT2D eigenvalue weighted by Gasteiger charge is 2.52. The van der Waals surface area contributed by atoms with Gasteiger partial charge in [-0.15, -0.1) is 0 Å². The van der Waals surface area contributed by atoms with E-state index in [1.807, 2.05) is 6.07 Å². The number of aromatic hydroxyl groups is 1. The van der Waals surface area contributed by atoms with Gasteiger partial charge in [0.15, 0.2) is 5.60 Å². The number of nitrogens with two attached hydrogens (primary N) is 1. The molecule has 1 aliphatic rings. The number of phenols is 1. The molecule has 1 aromatic carbocycles. The van der Waals surface area contributed by atoms with Crippen molar-refractivity contribution >= 4 is 11.9 Å². The number of hydrogen-bond donors (Lipinski definition) is 2. The van der Waals surface area contributed by atoms with Crippen molar-refractivity contribution in [1.82, 2.24) is 0 Å². The van der Waals surface area contributed by atoms with Gasteiger partial charge in [-0.3, -0.25) is 9.59 Å². The second-order valence-corrected chi connectivity index (χ2v) is 11.1. The smallest absolute Gasteiger partial charge is 0.306 e. The van der Waals surface area contributed by atoms with E-state index in [-0.39, 0.29) is 11.7 Å². The first kappa shape index (κ1) is 32.0. The quantitative estimate of drug-likeness (QED) is 0.104. The van der Waals surface area contributed by atoms with Crippen LogP contribution in [0, 0.1) is 0 Å². The van der Waals surface area contributed by atoms with E-state index < -0.39 is 11.5 Å². The van der Waals surface area contributed by atoms with Gasteiger partial charge in [-0.1, -0.05) is 103 Å². The molecule has 1 fully saturated rings. The second kappa shape index (κ2) is 18.9. The van der Waals surface area contributed by atoms with E-state index in [1.165, 1.54) is 89.0 Å². The molecule has 0 atom stereocenters. The summed E-state index contributed by atoms with van der Waals surface area (Å²) in [6.07, 6.45) is 23.0.